The van der Waals surface area contributed by atoms with E-state index < -0.39 is 0 Å². The molecule has 0 fully saturated rings. The molecule has 0 radical (unpaired) electrons. The first-order valence-corrected chi connectivity index (χ1v) is 9.83. The minimum atomic E-state index is -0.0984. The van der Waals surface area contributed by atoms with Crippen LogP contribution in [-0.2, 0) is 11.3 Å². The lowest BCUT2D eigenvalue weighted by atomic mass is 10.1. The largest absolute Gasteiger partial charge is 0.356 e. The van der Waals surface area contributed by atoms with Gasteiger partial charge in [-0.05, 0) is 30.9 Å². The number of fused-ring (bicyclic) bond motifs is 3. The molecule has 0 unspecified atom stereocenters. The zero-order chi connectivity index (χ0) is 19.2. The third kappa shape index (κ3) is 4.78. The number of carbonyl (C=O) groups excluding carboxylic acids is 2. The van der Waals surface area contributed by atoms with E-state index in [-0.39, 0.29) is 11.9 Å². The van der Waals surface area contributed by atoms with Crippen molar-refractivity contribution in [1.82, 2.24) is 20.2 Å². The van der Waals surface area contributed by atoms with E-state index in [4.69, 9.17) is 0 Å². The monoisotopic (exact) mass is 371 g/mol. The van der Waals surface area contributed by atoms with Crippen LogP contribution >= 0.6 is 0 Å². The van der Waals surface area contributed by atoms with Crippen LogP contribution < -0.4 is 15.5 Å². The van der Waals surface area contributed by atoms with Crippen LogP contribution in [-0.4, -0.2) is 41.1 Å². The van der Waals surface area contributed by atoms with E-state index in [1.807, 2.05) is 24.3 Å². The molecule has 0 spiro atoms. The normalized spacial score (nSPS) is 13.2. The second kappa shape index (κ2) is 8.88. The van der Waals surface area contributed by atoms with Crippen LogP contribution in [0.25, 0.3) is 11.0 Å². The van der Waals surface area contributed by atoms with E-state index in [1.54, 1.807) is 4.90 Å². The zero-order valence-corrected chi connectivity index (χ0v) is 16.2. The zero-order valence-electron chi connectivity index (χ0n) is 16.2. The molecule has 3 rings (SSSR count). The number of hydrogen-bond acceptors (Lipinski definition) is 3. The number of rotatable bonds is 8. The van der Waals surface area contributed by atoms with Gasteiger partial charge < -0.3 is 15.2 Å². The van der Waals surface area contributed by atoms with Crippen molar-refractivity contribution in [3.05, 3.63) is 24.3 Å². The molecule has 0 aliphatic carbocycles. The van der Waals surface area contributed by atoms with Gasteiger partial charge in [0.25, 0.3) is 0 Å². The maximum absolute atomic E-state index is 12.5. The van der Waals surface area contributed by atoms with Crippen LogP contribution in [0.5, 0.6) is 0 Å². The summed E-state index contributed by atoms with van der Waals surface area (Å²) >= 11 is 0. The first-order valence-electron chi connectivity index (χ1n) is 9.83. The van der Waals surface area contributed by atoms with Crippen molar-refractivity contribution in [1.29, 1.82) is 0 Å². The summed E-state index contributed by atoms with van der Waals surface area (Å²) in [6, 6.07) is 7.85. The Morgan fingerprint density at radius 3 is 2.74 bits per heavy atom. The van der Waals surface area contributed by atoms with E-state index in [2.05, 4.69) is 34.0 Å². The molecule has 7 heteroatoms. The van der Waals surface area contributed by atoms with Crippen molar-refractivity contribution in [3.63, 3.8) is 0 Å². The number of imidazole rings is 1. The quantitative estimate of drug-likeness (QED) is 0.700. The number of nitrogens with one attached hydrogen (secondary N) is 2. The Morgan fingerprint density at radius 1 is 1.11 bits per heavy atom. The van der Waals surface area contributed by atoms with Gasteiger partial charge in [-0.25, -0.2) is 9.78 Å². The predicted molar refractivity (Wildman–Crippen MR) is 107 cm³/mol. The van der Waals surface area contributed by atoms with Gasteiger partial charge in [-0.3, -0.25) is 9.69 Å². The number of amides is 3. The Hall–Kier alpha value is -2.57. The predicted octanol–water partition coefficient (Wildman–Crippen LogP) is 2.90. The molecular formula is C20H29N5O2. The molecule has 1 aromatic heterocycles. The second-order valence-electron chi connectivity index (χ2n) is 7.44. The Morgan fingerprint density at radius 2 is 1.93 bits per heavy atom. The molecule has 2 aromatic rings. The summed E-state index contributed by atoms with van der Waals surface area (Å²) in [5, 5.41) is 5.90. The lowest BCUT2D eigenvalue weighted by Gasteiger charge is -2.15. The summed E-state index contributed by atoms with van der Waals surface area (Å²) in [4.78, 5) is 30.4. The highest BCUT2D eigenvalue weighted by molar-refractivity contribution is 5.93. The van der Waals surface area contributed by atoms with Gasteiger partial charge >= 0.3 is 6.03 Å². The molecule has 2 heterocycles. The van der Waals surface area contributed by atoms with E-state index in [0.717, 1.165) is 49.3 Å². The maximum atomic E-state index is 12.5. The molecule has 0 bridgehead atoms. The van der Waals surface area contributed by atoms with Crippen LogP contribution in [0.15, 0.2) is 24.3 Å². The van der Waals surface area contributed by atoms with Crippen molar-refractivity contribution in [2.24, 2.45) is 5.92 Å². The van der Waals surface area contributed by atoms with Gasteiger partial charge in [0.1, 0.15) is 0 Å². The smallest absolute Gasteiger partial charge is 0.324 e. The van der Waals surface area contributed by atoms with E-state index >= 15 is 0 Å². The van der Waals surface area contributed by atoms with Crippen molar-refractivity contribution in [2.75, 3.05) is 24.5 Å². The van der Waals surface area contributed by atoms with Crippen molar-refractivity contribution in [3.8, 4) is 0 Å². The van der Waals surface area contributed by atoms with Gasteiger partial charge in [0.15, 0.2) is 0 Å². The van der Waals surface area contributed by atoms with Gasteiger partial charge in [0.05, 0.1) is 11.0 Å². The summed E-state index contributed by atoms with van der Waals surface area (Å²) in [6.45, 7) is 6.93. The first kappa shape index (κ1) is 19.2. The Labute approximate surface area is 160 Å². The lowest BCUT2D eigenvalue weighted by Crippen LogP contribution is -2.39. The van der Waals surface area contributed by atoms with Crippen LogP contribution in [0.3, 0.4) is 0 Å². The van der Waals surface area contributed by atoms with Crippen LogP contribution in [0, 0.1) is 5.92 Å². The van der Waals surface area contributed by atoms with Gasteiger partial charge in [0, 0.05) is 32.6 Å². The minimum Gasteiger partial charge on any atom is -0.356 e. The Bertz CT molecular complexity index is 799. The molecule has 3 amide bonds. The van der Waals surface area contributed by atoms with Crippen LogP contribution in [0.2, 0.25) is 0 Å². The Balaban J connectivity index is 1.37. The number of aromatic nitrogens is 2. The molecule has 0 saturated carbocycles. The van der Waals surface area contributed by atoms with E-state index in [9.17, 15) is 9.59 Å². The number of para-hydroxylation sites is 2. The van der Waals surface area contributed by atoms with Gasteiger partial charge in [-0.15, -0.1) is 0 Å². The average molecular weight is 371 g/mol. The molecular weight excluding hydrogens is 342 g/mol. The van der Waals surface area contributed by atoms with Crippen molar-refractivity contribution < 1.29 is 9.59 Å². The summed E-state index contributed by atoms with van der Waals surface area (Å²) in [6.07, 6.45) is 3.19. The summed E-state index contributed by atoms with van der Waals surface area (Å²) in [5.41, 5.74) is 1.99. The minimum absolute atomic E-state index is 0.0984. The highest BCUT2D eigenvalue weighted by Crippen LogP contribution is 2.26. The fourth-order valence-corrected chi connectivity index (χ4v) is 3.27. The summed E-state index contributed by atoms with van der Waals surface area (Å²) in [7, 11) is 0. The molecule has 7 nitrogen and oxygen atoms in total. The molecule has 1 aliphatic rings. The molecule has 1 aromatic carbocycles. The van der Waals surface area contributed by atoms with Gasteiger partial charge in [0.2, 0.25) is 11.9 Å². The number of hydrogen-bond donors (Lipinski definition) is 2. The second-order valence-corrected chi connectivity index (χ2v) is 7.44. The summed E-state index contributed by atoms with van der Waals surface area (Å²) in [5.74, 6) is 1.31. The number of nitrogens with zero attached hydrogens (tertiary/aromatic N) is 3. The summed E-state index contributed by atoms with van der Waals surface area (Å²) < 4.78 is 2.09. The third-order valence-electron chi connectivity index (χ3n) is 4.73. The SMILES string of the molecule is CC(C)CNC(=O)CCCCCNC(=O)N1CCn2c1nc1ccccc12. The molecule has 146 valence electrons. The average Bonchev–Trinajstić information content (AvgIpc) is 3.21. The standard InChI is InChI=1S/C20H29N5O2/c1-15(2)14-22-18(26)10-4-3-7-11-21-20(27)25-13-12-24-17-9-6-5-8-16(17)23-19(24)25/h5-6,8-9,15H,3-4,7,10-14H2,1-2H3,(H,21,27)(H,22,26). The molecule has 0 atom stereocenters. The highest BCUT2D eigenvalue weighted by atomic mass is 16.2. The van der Waals surface area contributed by atoms with Gasteiger partial charge in [-0.1, -0.05) is 32.4 Å². The Kier molecular flexibility index (Phi) is 6.32. The number of benzene rings is 1. The maximum Gasteiger partial charge on any atom is 0.324 e. The molecule has 1 aliphatic heterocycles. The number of carbonyl (C=O) groups is 2. The topological polar surface area (TPSA) is 79.3 Å². The highest BCUT2D eigenvalue weighted by Gasteiger charge is 2.27. The van der Waals surface area contributed by atoms with E-state index in [1.165, 1.54) is 0 Å². The van der Waals surface area contributed by atoms with Crippen molar-refractivity contribution >= 4 is 28.9 Å². The fraction of sp³-hybridized carbons (Fsp3) is 0.550. The molecule has 2 N–H and O–H groups in total. The number of anilines is 1. The lowest BCUT2D eigenvalue weighted by molar-refractivity contribution is -0.121. The van der Waals surface area contributed by atoms with Gasteiger partial charge in [-0.2, -0.15) is 0 Å². The third-order valence-corrected chi connectivity index (χ3v) is 4.73. The molecule has 27 heavy (non-hydrogen) atoms. The number of unbranched alkanes of at least 4 members (excludes halogenated alkanes) is 2. The van der Waals surface area contributed by atoms with Crippen LogP contribution in [0.4, 0.5) is 10.7 Å². The molecule has 0 saturated heterocycles. The first-order chi connectivity index (χ1) is 13.1. The van der Waals surface area contributed by atoms with Crippen LogP contribution in [0.1, 0.15) is 39.5 Å². The number of urea groups is 1. The fourth-order valence-electron chi connectivity index (χ4n) is 3.27. The van der Waals surface area contributed by atoms with Crippen molar-refractivity contribution in [2.45, 2.75) is 46.1 Å². The van der Waals surface area contributed by atoms with E-state index in [0.29, 0.717) is 25.4 Å².